The van der Waals surface area contributed by atoms with Crippen LogP contribution in [0, 0.1) is 11.8 Å². The molecule has 1 saturated carbocycles. The van der Waals surface area contributed by atoms with Crippen molar-refractivity contribution in [1.82, 2.24) is 0 Å². The van der Waals surface area contributed by atoms with Crippen molar-refractivity contribution in [3.05, 3.63) is 0 Å². The Bertz CT molecular complexity index is 256. The van der Waals surface area contributed by atoms with Crippen LogP contribution in [0.1, 0.15) is 45.4 Å². The molecule has 1 aliphatic heterocycles. The molecule has 2 fully saturated rings. The Morgan fingerprint density at radius 3 is 2.72 bits per heavy atom. The van der Waals surface area contributed by atoms with E-state index in [1.54, 1.807) is 7.11 Å². The number of aliphatic hydroxyl groups is 2. The van der Waals surface area contributed by atoms with E-state index in [9.17, 15) is 0 Å². The SMILES string of the molecule is COC1CCCC([C@H]2C[C@@H](CC(O)O)C(C)O2)C1. The van der Waals surface area contributed by atoms with Gasteiger partial charge in [-0.05, 0) is 44.4 Å². The molecule has 0 aromatic heterocycles. The van der Waals surface area contributed by atoms with Crippen molar-refractivity contribution in [1.29, 1.82) is 0 Å². The molecule has 1 saturated heterocycles. The van der Waals surface area contributed by atoms with E-state index in [0.29, 0.717) is 18.4 Å². The van der Waals surface area contributed by atoms with Gasteiger partial charge in [0.15, 0.2) is 6.29 Å². The minimum atomic E-state index is -1.21. The number of rotatable bonds is 4. The van der Waals surface area contributed by atoms with Gasteiger partial charge < -0.3 is 19.7 Å². The van der Waals surface area contributed by atoms with Crippen LogP contribution in [-0.4, -0.2) is 41.9 Å². The van der Waals surface area contributed by atoms with Gasteiger partial charge in [-0.1, -0.05) is 6.42 Å². The van der Waals surface area contributed by atoms with E-state index in [0.717, 1.165) is 19.3 Å². The highest BCUT2D eigenvalue weighted by atomic mass is 16.5. The van der Waals surface area contributed by atoms with Gasteiger partial charge in [-0.15, -0.1) is 0 Å². The first-order valence-electron chi connectivity index (χ1n) is 7.14. The Labute approximate surface area is 109 Å². The summed E-state index contributed by atoms with van der Waals surface area (Å²) in [4.78, 5) is 0. The van der Waals surface area contributed by atoms with Gasteiger partial charge in [-0.3, -0.25) is 0 Å². The molecule has 0 amide bonds. The van der Waals surface area contributed by atoms with Crippen LogP contribution in [0.15, 0.2) is 0 Å². The summed E-state index contributed by atoms with van der Waals surface area (Å²) in [6.07, 6.45) is 5.65. The van der Waals surface area contributed by atoms with Gasteiger partial charge in [0.2, 0.25) is 0 Å². The highest BCUT2D eigenvalue weighted by Gasteiger charge is 2.39. The average molecular weight is 258 g/mol. The van der Waals surface area contributed by atoms with E-state index in [2.05, 4.69) is 0 Å². The average Bonchev–Trinajstić information content (AvgIpc) is 2.70. The van der Waals surface area contributed by atoms with E-state index < -0.39 is 6.29 Å². The summed E-state index contributed by atoms with van der Waals surface area (Å²) in [7, 11) is 1.79. The standard InChI is InChI=1S/C14H26O4/c1-9-11(8-14(15)16)7-13(18-9)10-4-3-5-12(6-10)17-2/h9-16H,3-8H2,1-2H3/t9?,10?,11-,12?,13+/m0/s1. The zero-order valence-corrected chi connectivity index (χ0v) is 11.4. The molecule has 2 aliphatic rings. The van der Waals surface area contributed by atoms with E-state index in [4.69, 9.17) is 19.7 Å². The molecule has 0 bridgehead atoms. The second-order valence-corrected chi connectivity index (χ2v) is 5.88. The van der Waals surface area contributed by atoms with Gasteiger partial charge in [-0.2, -0.15) is 0 Å². The van der Waals surface area contributed by atoms with Crippen LogP contribution in [0.3, 0.4) is 0 Å². The van der Waals surface area contributed by atoms with Crippen LogP contribution in [0.2, 0.25) is 0 Å². The zero-order valence-electron chi connectivity index (χ0n) is 11.4. The molecule has 0 spiro atoms. The lowest BCUT2D eigenvalue weighted by molar-refractivity contribution is -0.0644. The topological polar surface area (TPSA) is 58.9 Å². The van der Waals surface area contributed by atoms with Crippen molar-refractivity contribution in [2.75, 3.05) is 7.11 Å². The lowest BCUT2D eigenvalue weighted by Crippen LogP contribution is -2.30. The number of methoxy groups -OCH3 is 1. The maximum atomic E-state index is 9.09. The summed E-state index contributed by atoms with van der Waals surface area (Å²) < 4.78 is 11.5. The lowest BCUT2D eigenvalue weighted by atomic mass is 9.81. The quantitative estimate of drug-likeness (QED) is 0.753. The summed E-state index contributed by atoms with van der Waals surface area (Å²) in [5, 5.41) is 18.2. The number of aliphatic hydroxyl groups excluding tert-OH is 1. The Morgan fingerprint density at radius 1 is 1.28 bits per heavy atom. The van der Waals surface area contributed by atoms with Crippen molar-refractivity contribution in [2.45, 2.75) is 70.1 Å². The smallest absolute Gasteiger partial charge is 0.151 e. The van der Waals surface area contributed by atoms with Crippen LogP contribution in [-0.2, 0) is 9.47 Å². The van der Waals surface area contributed by atoms with Gasteiger partial charge in [-0.25, -0.2) is 0 Å². The number of hydrogen-bond donors (Lipinski definition) is 2. The van der Waals surface area contributed by atoms with Crippen LogP contribution in [0.5, 0.6) is 0 Å². The van der Waals surface area contributed by atoms with Crippen molar-refractivity contribution >= 4 is 0 Å². The first kappa shape index (κ1) is 14.3. The zero-order chi connectivity index (χ0) is 13.1. The highest BCUT2D eigenvalue weighted by Crippen LogP contribution is 2.39. The highest BCUT2D eigenvalue weighted by molar-refractivity contribution is 4.87. The Kier molecular flexibility index (Phi) is 5.01. The Hall–Kier alpha value is -0.160. The maximum Gasteiger partial charge on any atom is 0.151 e. The summed E-state index contributed by atoms with van der Waals surface area (Å²) in [5.41, 5.74) is 0. The van der Waals surface area contributed by atoms with Crippen molar-refractivity contribution in [3.8, 4) is 0 Å². The molecule has 0 radical (unpaired) electrons. The van der Waals surface area contributed by atoms with Gasteiger partial charge in [0.05, 0.1) is 18.3 Å². The molecule has 0 aromatic rings. The predicted octanol–water partition coefficient (Wildman–Crippen LogP) is 1.69. The van der Waals surface area contributed by atoms with Crippen molar-refractivity contribution in [3.63, 3.8) is 0 Å². The molecule has 18 heavy (non-hydrogen) atoms. The van der Waals surface area contributed by atoms with Gasteiger partial charge in [0.1, 0.15) is 0 Å². The fourth-order valence-corrected chi connectivity index (χ4v) is 3.53. The normalized spacial score (nSPS) is 41.5. The summed E-state index contributed by atoms with van der Waals surface area (Å²) in [6.45, 7) is 2.05. The molecule has 3 unspecified atom stereocenters. The van der Waals surface area contributed by atoms with Crippen LogP contribution in [0.25, 0.3) is 0 Å². The molecule has 0 aromatic carbocycles. The third-order valence-corrected chi connectivity index (χ3v) is 4.63. The monoisotopic (exact) mass is 258 g/mol. The second kappa shape index (κ2) is 6.33. The molecule has 1 aliphatic carbocycles. The molecule has 106 valence electrons. The second-order valence-electron chi connectivity index (χ2n) is 5.88. The summed E-state index contributed by atoms with van der Waals surface area (Å²) >= 11 is 0. The maximum absolute atomic E-state index is 9.09. The third-order valence-electron chi connectivity index (χ3n) is 4.63. The van der Waals surface area contributed by atoms with Gasteiger partial charge in [0, 0.05) is 13.5 Å². The number of ether oxygens (including phenoxy) is 2. The van der Waals surface area contributed by atoms with E-state index in [-0.39, 0.29) is 18.1 Å². The van der Waals surface area contributed by atoms with Crippen LogP contribution in [0.4, 0.5) is 0 Å². The Balaban J connectivity index is 1.87. The van der Waals surface area contributed by atoms with E-state index in [1.807, 2.05) is 6.92 Å². The van der Waals surface area contributed by atoms with Crippen molar-refractivity contribution in [2.24, 2.45) is 11.8 Å². The first-order chi connectivity index (χ1) is 8.60. The van der Waals surface area contributed by atoms with E-state index >= 15 is 0 Å². The van der Waals surface area contributed by atoms with E-state index in [1.165, 1.54) is 12.8 Å². The minimum absolute atomic E-state index is 0.139. The summed E-state index contributed by atoms with van der Waals surface area (Å²) in [5.74, 6) is 0.852. The molecule has 2 rings (SSSR count). The molecule has 1 heterocycles. The third kappa shape index (κ3) is 3.44. The van der Waals surface area contributed by atoms with Crippen molar-refractivity contribution < 1.29 is 19.7 Å². The first-order valence-corrected chi connectivity index (χ1v) is 7.14. The number of hydrogen-bond acceptors (Lipinski definition) is 4. The molecule has 2 N–H and O–H groups in total. The fraction of sp³-hybridized carbons (Fsp3) is 1.00. The lowest BCUT2D eigenvalue weighted by Gasteiger charge is -2.31. The Morgan fingerprint density at radius 2 is 2.06 bits per heavy atom. The minimum Gasteiger partial charge on any atom is -0.381 e. The molecular formula is C14H26O4. The molecule has 5 atom stereocenters. The predicted molar refractivity (Wildman–Crippen MR) is 68.0 cm³/mol. The molecule has 4 nitrogen and oxygen atoms in total. The fourth-order valence-electron chi connectivity index (χ4n) is 3.53. The largest absolute Gasteiger partial charge is 0.381 e. The summed E-state index contributed by atoms with van der Waals surface area (Å²) in [6, 6.07) is 0. The molecule has 4 heteroatoms. The van der Waals surface area contributed by atoms with Gasteiger partial charge in [0.25, 0.3) is 0 Å². The van der Waals surface area contributed by atoms with Crippen LogP contribution >= 0.6 is 0 Å². The molecular weight excluding hydrogens is 232 g/mol. The van der Waals surface area contributed by atoms with Gasteiger partial charge >= 0.3 is 0 Å². The van der Waals surface area contributed by atoms with Crippen LogP contribution < -0.4 is 0 Å².